The highest BCUT2D eigenvalue weighted by Crippen LogP contribution is 2.23. The van der Waals surface area contributed by atoms with Gasteiger partial charge in [0.1, 0.15) is 11.4 Å². The maximum Gasteiger partial charge on any atom is 0.161 e. The van der Waals surface area contributed by atoms with E-state index in [2.05, 4.69) is 5.32 Å². The van der Waals surface area contributed by atoms with Gasteiger partial charge in [-0.1, -0.05) is 18.2 Å². The Kier molecular flexibility index (Phi) is 3.10. The molecule has 0 amide bonds. The van der Waals surface area contributed by atoms with Crippen molar-refractivity contribution in [3.8, 4) is 0 Å². The van der Waals surface area contributed by atoms with E-state index in [1.807, 2.05) is 24.3 Å². The highest BCUT2D eigenvalue weighted by atomic mass is 19.2. The number of furan rings is 1. The molecule has 0 aliphatic heterocycles. The standard InChI is InChI=1S/C15H10F3NO/c16-11-5-13(18)14(6-12(11)17)19-7-9-8-20-15-4-2-1-3-10(9)15/h1-6,8,19H,7H2. The summed E-state index contributed by atoms with van der Waals surface area (Å²) in [5.74, 6) is -3.13. The zero-order valence-corrected chi connectivity index (χ0v) is 10.3. The second kappa shape index (κ2) is 4.92. The van der Waals surface area contributed by atoms with Crippen molar-refractivity contribution in [1.29, 1.82) is 0 Å². The Hall–Kier alpha value is -2.43. The maximum atomic E-state index is 13.5. The van der Waals surface area contributed by atoms with Gasteiger partial charge in [-0.3, -0.25) is 0 Å². The number of hydrogen-bond acceptors (Lipinski definition) is 2. The molecule has 1 N–H and O–H groups in total. The lowest BCUT2D eigenvalue weighted by molar-refractivity contribution is 0.496. The largest absolute Gasteiger partial charge is 0.464 e. The Bertz CT molecular complexity index is 767. The van der Waals surface area contributed by atoms with E-state index in [-0.39, 0.29) is 12.2 Å². The molecule has 2 nitrogen and oxygen atoms in total. The van der Waals surface area contributed by atoms with E-state index < -0.39 is 17.5 Å². The summed E-state index contributed by atoms with van der Waals surface area (Å²) >= 11 is 0. The molecule has 0 aliphatic carbocycles. The van der Waals surface area contributed by atoms with Crippen molar-refractivity contribution in [3.05, 3.63) is 65.7 Å². The lowest BCUT2D eigenvalue weighted by Gasteiger charge is -2.07. The van der Waals surface area contributed by atoms with Crippen LogP contribution in [0.15, 0.2) is 47.1 Å². The molecule has 20 heavy (non-hydrogen) atoms. The third kappa shape index (κ3) is 2.22. The molecule has 1 heterocycles. The number of halogens is 3. The second-order valence-corrected chi connectivity index (χ2v) is 4.36. The first-order valence-corrected chi connectivity index (χ1v) is 5.98. The smallest absolute Gasteiger partial charge is 0.161 e. The van der Waals surface area contributed by atoms with E-state index in [4.69, 9.17) is 4.42 Å². The average molecular weight is 277 g/mol. The van der Waals surface area contributed by atoms with Gasteiger partial charge in [0.25, 0.3) is 0 Å². The summed E-state index contributed by atoms with van der Waals surface area (Å²) in [5, 5.41) is 3.63. The van der Waals surface area contributed by atoms with Crippen molar-refractivity contribution >= 4 is 16.7 Å². The van der Waals surface area contributed by atoms with Gasteiger partial charge in [0.05, 0.1) is 12.0 Å². The van der Waals surface area contributed by atoms with Gasteiger partial charge in [0.2, 0.25) is 0 Å². The summed E-state index contributed by atoms with van der Waals surface area (Å²) in [4.78, 5) is 0. The van der Waals surface area contributed by atoms with Crippen LogP contribution in [0.1, 0.15) is 5.56 Å². The number of fused-ring (bicyclic) bond motifs is 1. The summed E-state index contributed by atoms with van der Waals surface area (Å²) in [5.41, 5.74) is 1.44. The molecule has 0 bridgehead atoms. The number of nitrogens with one attached hydrogen (secondary N) is 1. The van der Waals surface area contributed by atoms with Crippen molar-refractivity contribution in [3.63, 3.8) is 0 Å². The van der Waals surface area contributed by atoms with Crippen LogP contribution in [0.4, 0.5) is 18.9 Å². The SMILES string of the molecule is Fc1cc(F)c(NCc2coc3ccccc23)cc1F. The van der Waals surface area contributed by atoms with Gasteiger partial charge in [-0.15, -0.1) is 0 Å². The van der Waals surface area contributed by atoms with E-state index >= 15 is 0 Å². The third-order valence-corrected chi connectivity index (χ3v) is 3.04. The van der Waals surface area contributed by atoms with Crippen LogP contribution in [-0.2, 0) is 6.54 Å². The van der Waals surface area contributed by atoms with Gasteiger partial charge >= 0.3 is 0 Å². The Labute approximate surface area is 112 Å². The van der Waals surface area contributed by atoms with Crippen molar-refractivity contribution in [1.82, 2.24) is 0 Å². The number of rotatable bonds is 3. The molecule has 0 atom stereocenters. The molecule has 3 rings (SSSR count). The van der Waals surface area contributed by atoms with Gasteiger partial charge < -0.3 is 9.73 Å². The molecule has 2 aromatic carbocycles. The fourth-order valence-corrected chi connectivity index (χ4v) is 2.02. The van der Waals surface area contributed by atoms with Crippen LogP contribution in [0.5, 0.6) is 0 Å². The normalized spacial score (nSPS) is 10.9. The first-order valence-electron chi connectivity index (χ1n) is 5.98. The zero-order valence-electron chi connectivity index (χ0n) is 10.3. The Morgan fingerprint density at radius 3 is 2.55 bits per heavy atom. The monoisotopic (exact) mass is 277 g/mol. The topological polar surface area (TPSA) is 25.2 Å². The average Bonchev–Trinajstić information content (AvgIpc) is 2.85. The van der Waals surface area contributed by atoms with E-state index in [9.17, 15) is 13.2 Å². The van der Waals surface area contributed by atoms with Gasteiger partial charge in [0.15, 0.2) is 11.6 Å². The van der Waals surface area contributed by atoms with E-state index in [0.29, 0.717) is 6.07 Å². The highest BCUT2D eigenvalue weighted by molar-refractivity contribution is 5.81. The van der Waals surface area contributed by atoms with Crippen molar-refractivity contribution in [2.75, 3.05) is 5.32 Å². The van der Waals surface area contributed by atoms with Crippen molar-refractivity contribution < 1.29 is 17.6 Å². The molecule has 5 heteroatoms. The number of hydrogen-bond donors (Lipinski definition) is 1. The van der Waals surface area contributed by atoms with Crippen LogP contribution < -0.4 is 5.32 Å². The molecule has 0 radical (unpaired) electrons. The minimum atomic E-state index is -1.21. The molecule has 0 saturated carbocycles. The first kappa shape index (κ1) is 12.6. The van der Waals surface area contributed by atoms with Crippen LogP contribution in [0.3, 0.4) is 0 Å². The van der Waals surface area contributed by atoms with Gasteiger partial charge in [-0.25, -0.2) is 13.2 Å². The summed E-state index contributed by atoms with van der Waals surface area (Å²) in [6, 6.07) is 8.71. The summed E-state index contributed by atoms with van der Waals surface area (Å²) in [7, 11) is 0. The van der Waals surface area contributed by atoms with Crippen LogP contribution in [0.2, 0.25) is 0 Å². The molecule has 0 saturated heterocycles. The lowest BCUT2D eigenvalue weighted by atomic mass is 10.2. The number of benzene rings is 2. The summed E-state index contributed by atoms with van der Waals surface area (Å²) < 4.78 is 44.7. The fourth-order valence-electron chi connectivity index (χ4n) is 2.02. The van der Waals surface area contributed by atoms with Crippen molar-refractivity contribution in [2.45, 2.75) is 6.54 Å². The minimum Gasteiger partial charge on any atom is -0.464 e. The molecule has 1 aromatic heterocycles. The fraction of sp³-hybridized carbons (Fsp3) is 0.0667. The zero-order chi connectivity index (χ0) is 14.1. The van der Waals surface area contributed by atoms with Gasteiger partial charge in [-0.05, 0) is 6.07 Å². The van der Waals surface area contributed by atoms with E-state index in [1.165, 1.54) is 0 Å². The second-order valence-electron chi connectivity index (χ2n) is 4.36. The summed E-state index contributed by atoms with van der Waals surface area (Å²) in [6.07, 6.45) is 1.55. The molecule has 0 unspecified atom stereocenters. The molecular weight excluding hydrogens is 267 g/mol. The summed E-state index contributed by atoms with van der Waals surface area (Å²) in [6.45, 7) is 0.249. The van der Waals surface area contributed by atoms with E-state index in [1.54, 1.807) is 6.26 Å². The van der Waals surface area contributed by atoms with Crippen LogP contribution in [0, 0.1) is 17.5 Å². The highest BCUT2D eigenvalue weighted by Gasteiger charge is 2.11. The number of anilines is 1. The van der Waals surface area contributed by atoms with Gasteiger partial charge in [0, 0.05) is 29.6 Å². The predicted octanol–water partition coefficient (Wildman–Crippen LogP) is 4.46. The molecule has 3 aromatic rings. The van der Waals surface area contributed by atoms with Crippen LogP contribution in [0.25, 0.3) is 11.0 Å². The van der Waals surface area contributed by atoms with E-state index in [0.717, 1.165) is 22.6 Å². The maximum absolute atomic E-state index is 13.5. The molecule has 0 fully saturated rings. The Morgan fingerprint density at radius 2 is 1.70 bits per heavy atom. The van der Waals surface area contributed by atoms with Crippen LogP contribution >= 0.6 is 0 Å². The Morgan fingerprint density at radius 1 is 0.950 bits per heavy atom. The van der Waals surface area contributed by atoms with Gasteiger partial charge in [-0.2, -0.15) is 0 Å². The molecule has 0 spiro atoms. The molecule has 102 valence electrons. The Balaban J connectivity index is 1.85. The third-order valence-electron chi connectivity index (χ3n) is 3.04. The molecule has 0 aliphatic rings. The quantitative estimate of drug-likeness (QED) is 0.715. The number of para-hydroxylation sites is 1. The van der Waals surface area contributed by atoms with Crippen LogP contribution in [-0.4, -0.2) is 0 Å². The first-order chi connectivity index (χ1) is 9.65. The minimum absolute atomic E-state index is 0.0887. The molecular formula is C15H10F3NO. The predicted molar refractivity (Wildman–Crippen MR) is 69.9 cm³/mol. The van der Waals surface area contributed by atoms with Crippen molar-refractivity contribution in [2.24, 2.45) is 0 Å². The lowest BCUT2D eigenvalue weighted by Crippen LogP contribution is -2.02.